The van der Waals surface area contributed by atoms with E-state index in [-0.39, 0.29) is 24.5 Å². The van der Waals surface area contributed by atoms with Gasteiger partial charge in [-0.1, -0.05) is 0 Å². The lowest BCUT2D eigenvalue weighted by molar-refractivity contribution is 0.0460. The first-order valence-electron chi connectivity index (χ1n) is 8.53. The number of aromatic amines is 1. The van der Waals surface area contributed by atoms with Crippen LogP contribution in [0.25, 0.3) is 5.65 Å². The van der Waals surface area contributed by atoms with E-state index in [2.05, 4.69) is 25.9 Å². The summed E-state index contributed by atoms with van der Waals surface area (Å²) in [6.45, 7) is 5.10. The molecular weight excluding hydrogens is 430 g/mol. The second-order valence-corrected chi connectivity index (χ2v) is 7.00. The molecule has 0 saturated carbocycles. The normalized spacial score (nSPS) is 10.9. The van der Waals surface area contributed by atoms with Gasteiger partial charge in [0.1, 0.15) is 17.9 Å². The minimum absolute atomic E-state index is 0.169. The van der Waals surface area contributed by atoms with Gasteiger partial charge in [0.05, 0.1) is 17.9 Å². The summed E-state index contributed by atoms with van der Waals surface area (Å²) in [7, 11) is 0. The molecule has 0 aliphatic heterocycles. The fraction of sp³-hybridized carbons (Fsp3) is 0.263. The van der Waals surface area contributed by atoms with E-state index in [0.717, 1.165) is 4.47 Å². The van der Waals surface area contributed by atoms with Crippen LogP contribution in [0.4, 0.5) is 0 Å². The highest BCUT2D eigenvalue weighted by molar-refractivity contribution is 9.10. The third-order valence-electron chi connectivity index (χ3n) is 4.15. The van der Waals surface area contributed by atoms with E-state index in [1.54, 1.807) is 39.1 Å². The summed E-state index contributed by atoms with van der Waals surface area (Å²) in [5.41, 5.74) is 1.95. The van der Waals surface area contributed by atoms with Gasteiger partial charge in [0.2, 0.25) is 0 Å². The van der Waals surface area contributed by atoms with Crippen molar-refractivity contribution in [3.05, 3.63) is 67.4 Å². The van der Waals surface area contributed by atoms with Crippen molar-refractivity contribution in [2.45, 2.75) is 27.4 Å². The third kappa shape index (κ3) is 3.84. The maximum Gasteiger partial charge on any atom is 0.355 e. The molecular formula is C19H18BrN3O5. The molecule has 3 rings (SSSR count). The number of nitrogens with zero attached hydrogens (tertiary/aromatic N) is 2. The summed E-state index contributed by atoms with van der Waals surface area (Å²) in [4.78, 5) is 43.9. The molecule has 0 aliphatic carbocycles. The highest BCUT2D eigenvalue weighted by atomic mass is 79.9. The summed E-state index contributed by atoms with van der Waals surface area (Å²) in [6, 6.07) is 4.75. The first-order chi connectivity index (χ1) is 13.3. The van der Waals surface area contributed by atoms with Gasteiger partial charge in [-0.15, -0.1) is 0 Å². The number of ether oxygens (including phenoxy) is 2. The molecule has 9 heteroatoms. The van der Waals surface area contributed by atoms with Crippen molar-refractivity contribution in [1.82, 2.24) is 14.4 Å². The van der Waals surface area contributed by atoms with E-state index in [0.29, 0.717) is 28.2 Å². The zero-order chi connectivity index (χ0) is 20.4. The van der Waals surface area contributed by atoms with Crippen molar-refractivity contribution in [3.63, 3.8) is 0 Å². The molecule has 146 valence electrons. The molecule has 0 bridgehead atoms. The minimum atomic E-state index is -0.644. The average Bonchev–Trinajstić information content (AvgIpc) is 2.95. The van der Waals surface area contributed by atoms with Gasteiger partial charge >= 0.3 is 11.9 Å². The molecule has 3 heterocycles. The zero-order valence-corrected chi connectivity index (χ0v) is 17.1. The molecule has 0 atom stereocenters. The Labute approximate surface area is 168 Å². The monoisotopic (exact) mass is 447 g/mol. The molecule has 3 aromatic heterocycles. The molecule has 0 radical (unpaired) electrons. The topological polar surface area (TPSA) is 103 Å². The lowest BCUT2D eigenvalue weighted by atomic mass is 10.1. The van der Waals surface area contributed by atoms with Crippen LogP contribution in [0.5, 0.6) is 0 Å². The summed E-state index contributed by atoms with van der Waals surface area (Å²) < 4.78 is 12.4. The zero-order valence-electron chi connectivity index (χ0n) is 15.5. The van der Waals surface area contributed by atoms with E-state index in [4.69, 9.17) is 9.47 Å². The van der Waals surface area contributed by atoms with Crippen LogP contribution in [-0.2, 0) is 16.1 Å². The van der Waals surface area contributed by atoms with Crippen molar-refractivity contribution in [1.29, 1.82) is 0 Å². The Morgan fingerprint density at radius 2 is 1.96 bits per heavy atom. The van der Waals surface area contributed by atoms with Crippen LogP contribution in [0.2, 0.25) is 0 Å². The van der Waals surface area contributed by atoms with Gasteiger partial charge in [-0.25, -0.2) is 14.6 Å². The number of carbonyl (C=O) groups excluding carboxylic acids is 2. The number of esters is 2. The summed E-state index contributed by atoms with van der Waals surface area (Å²) in [5.74, 6) is -1.14. The van der Waals surface area contributed by atoms with Crippen LogP contribution in [-0.4, -0.2) is 32.9 Å². The number of hydrogen-bond donors (Lipinski definition) is 1. The Balaban J connectivity index is 1.80. The molecule has 28 heavy (non-hydrogen) atoms. The van der Waals surface area contributed by atoms with Gasteiger partial charge in [-0.3, -0.25) is 9.20 Å². The van der Waals surface area contributed by atoms with Gasteiger partial charge in [-0.2, -0.15) is 0 Å². The lowest BCUT2D eigenvalue weighted by Gasteiger charge is -2.06. The van der Waals surface area contributed by atoms with Gasteiger partial charge in [-0.05, 0) is 54.4 Å². The Kier molecular flexibility index (Phi) is 5.64. The van der Waals surface area contributed by atoms with E-state index >= 15 is 0 Å². The van der Waals surface area contributed by atoms with Gasteiger partial charge in [0.25, 0.3) is 5.56 Å². The maximum atomic E-state index is 12.5. The summed E-state index contributed by atoms with van der Waals surface area (Å²) in [6.07, 6.45) is 1.61. The van der Waals surface area contributed by atoms with Crippen molar-refractivity contribution >= 4 is 33.5 Å². The number of H-pyrrole nitrogens is 1. The number of carbonyl (C=O) groups is 2. The van der Waals surface area contributed by atoms with Crippen LogP contribution >= 0.6 is 15.9 Å². The molecule has 0 unspecified atom stereocenters. The molecule has 0 fully saturated rings. The maximum absolute atomic E-state index is 12.5. The van der Waals surface area contributed by atoms with Crippen LogP contribution in [0.15, 0.2) is 33.7 Å². The van der Waals surface area contributed by atoms with E-state index in [1.807, 2.05) is 0 Å². The Bertz CT molecular complexity index is 1130. The molecule has 0 spiro atoms. The summed E-state index contributed by atoms with van der Waals surface area (Å²) >= 11 is 3.30. The number of fused-ring (bicyclic) bond motifs is 1. The van der Waals surface area contributed by atoms with Gasteiger partial charge < -0.3 is 14.5 Å². The fourth-order valence-corrected chi connectivity index (χ4v) is 3.21. The largest absolute Gasteiger partial charge is 0.462 e. The minimum Gasteiger partial charge on any atom is -0.462 e. The number of halogens is 1. The molecule has 0 aliphatic rings. The quantitative estimate of drug-likeness (QED) is 0.603. The third-order valence-corrected chi connectivity index (χ3v) is 4.62. The Morgan fingerprint density at radius 1 is 1.21 bits per heavy atom. The predicted octanol–water partition coefficient (Wildman–Crippen LogP) is 2.94. The molecule has 8 nitrogen and oxygen atoms in total. The lowest BCUT2D eigenvalue weighted by Crippen LogP contribution is -2.17. The van der Waals surface area contributed by atoms with Crippen LogP contribution in [0.3, 0.4) is 0 Å². The Hall–Kier alpha value is -2.94. The SMILES string of the molecule is CCOC(=O)c1c(C)[nH]c(C(=O)OCc2cc(=O)n3cc(Br)ccc3n2)c1C. The van der Waals surface area contributed by atoms with E-state index in [9.17, 15) is 14.4 Å². The van der Waals surface area contributed by atoms with Crippen LogP contribution in [0.1, 0.15) is 44.7 Å². The number of nitrogens with one attached hydrogen (secondary N) is 1. The number of pyridine rings is 1. The first-order valence-corrected chi connectivity index (χ1v) is 9.32. The predicted molar refractivity (Wildman–Crippen MR) is 105 cm³/mol. The standard InChI is InChI=1S/C19H18BrN3O5/c1-4-27-18(25)16-10(2)17(21-11(16)3)19(26)28-9-13-7-15(24)23-8-12(20)5-6-14(23)22-13/h5-8,21H,4,9H2,1-3H3. The van der Waals surface area contributed by atoms with Crippen LogP contribution in [0, 0.1) is 13.8 Å². The first kappa shape index (κ1) is 19.8. The number of aryl methyl sites for hydroxylation is 1. The molecule has 3 aromatic rings. The second kappa shape index (κ2) is 7.97. The van der Waals surface area contributed by atoms with Crippen molar-refractivity contribution < 1.29 is 19.1 Å². The number of hydrogen-bond acceptors (Lipinski definition) is 6. The van der Waals surface area contributed by atoms with Crippen molar-refractivity contribution in [3.8, 4) is 0 Å². The fourth-order valence-electron chi connectivity index (χ4n) is 2.88. The number of aromatic nitrogens is 3. The van der Waals surface area contributed by atoms with Gasteiger partial charge in [0.15, 0.2) is 0 Å². The smallest absolute Gasteiger partial charge is 0.355 e. The Morgan fingerprint density at radius 3 is 2.68 bits per heavy atom. The van der Waals surface area contributed by atoms with Crippen molar-refractivity contribution in [2.24, 2.45) is 0 Å². The molecule has 1 N–H and O–H groups in total. The van der Waals surface area contributed by atoms with E-state index < -0.39 is 11.9 Å². The van der Waals surface area contributed by atoms with Crippen molar-refractivity contribution in [2.75, 3.05) is 6.61 Å². The molecule has 0 amide bonds. The second-order valence-electron chi connectivity index (χ2n) is 6.08. The van der Waals surface area contributed by atoms with Gasteiger partial charge in [0, 0.05) is 22.4 Å². The van der Waals surface area contributed by atoms with E-state index in [1.165, 1.54) is 10.5 Å². The highest BCUT2D eigenvalue weighted by Gasteiger charge is 2.23. The number of rotatable bonds is 5. The summed E-state index contributed by atoms with van der Waals surface area (Å²) in [5, 5.41) is 0. The molecule has 0 saturated heterocycles. The molecule has 0 aromatic carbocycles. The van der Waals surface area contributed by atoms with Crippen LogP contribution < -0.4 is 5.56 Å². The highest BCUT2D eigenvalue weighted by Crippen LogP contribution is 2.20. The average molecular weight is 448 g/mol.